The van der Waals surface area contributed by atoms with Crippen molar-refractivity contribution in [1.29, 1.82) is 0 Å². The highest BCUT2D eigenvalue weighted by atomic mass is 31.2. The highest BCUT2D eigenvalue weighted by Crippen LogP contribution is 2.43. The predicted molar refractivity (Wildman–Crippen MR) is 318 cm³/mol. The molecule has 0 aromatic carbocycles. The van der Waals surface area contributed by atoms with Gasteiger partial charge in [0, 0.05) is 6.42 Å². The third-order valence-corrected chi connectivity index (χ3v) is 14.3. The van der Waals surface area contributed by atoms with Crippen molar-refractivity contribution in [2.45, 2.75) is 276 Å². The van der Waals surface area contributed by atoms with E-state index in [1.54, 1.807) is 6.08 Å². The van der Waals surface area contributed by atoms with Crippen LogP contribution in [-0.4, -0.2) is 73.4 Å². The van der Waals surface area contributed by atoms with Gasteiger partial charge in [-0.25, -0.2) is 4.57 Å². The smallest absolute Gasteiger partial charge is 0.387 e. The Labute approximate surface area is 452 Å². The van der Waals surface area contributed by atoms with E-state index in [1.165, 1.54) is 161 Å². The number of nitrogens with one attached hydrogen (secondary N) is 1. The maximum Gasteiger partial charge on any atom is 0.472 e. The number of quaternary nitrogens is 1. The number of hydrogen-bond donors (Lipinski definition) is 3. The Hall–Kier alpha value is -2.32. The van der Waals surface area contributed by atoms with Crippen LogP contribution in [0.25, 0.3) is 0 Å². The first-order chi connectivity index (χ1) is 35.5. The molecule has 0 saturated carbocycles. The van der Waals surface area contributed by atoms with Gasteiger partial charge in [-0.05, 0) is 83.5 Å². The molecule has 3 atom stereocenters. The molecule has 0 aromatic heterocycles. The van der Waals surface area contributed by atoms with Gasteiger partial charge in [-0.1, -0.05) is 259 Å². The standard InChI is InChI=1S/C64H117N2O6P/c1-6-8-10-12-14-16-18-20-22-24-26-27-28-29-30-31-32-33-34-35-36-37-38-40-41-43-45-47-49-51-53-55-57-63(67)62(61-72-73(69,70)71-60-59-66(3,4)5)65-64(68)58-56-54-52-50-48-46-44-42-39-25-23-21-19-17-15-13-11-9-7-2/h9,11,15,17,21,23,39-42,47,49,55,57,62-63,67H,6-8,10,12-14,16,18-20,22,24-38,43-46,48,50-54,56,58-61H2,1-5H3,(H-,65,68,69,70)/p+1/b11-9-,17-15-,23-21-,41-40+,42-39-,49-47+,57-55+. The van der Waals surface area contributed by atoms with Crippen molar-refractivity contribution in [3.63, 3.8) is 0 Å². The van der Waals surface area contributed by atoms with E-state index in [-0.39, 0.29) is 19.1 Å². The normalized spacial score (nSPS) is 14.5. The van der Waals surface area contributed by atoms with Gasteiger partial charge in [0.05, 0.1) is 39.9 Å². The number of hydrogen-bond acceptors (Lipinski definition) is 5. The van der Waals surface area contributed by atoms with Gasteiger partial charge in [-0.15, -0.1) is 0 Å². The number of nitrogens with zero attached hydrogens (tertiary/aromatic N) is 1. The van der Waals surface area contributed by atoms with Crippen LogP contribution in [-0.2, 0) is 18.4 Å². The largest absolute Gasteiger partial charge is 0.472 e. The zero-order chi connectivity index (χ0) is 53.5. The SMILES string of the molecule is CC/C=C\C/C=C\C/C=C\C/C=C\CCCCCCCCC(=O)NC(COP(=O)(O)OCC[N+](C)(C)C)C(O)/C=C/CC/C=C/CC/C=C/CCCCCCCCCCCCCCCCCCCCCCCC. The summed E-state index contributed by atoms with van der Waals surface area (Å²) in [5, 5.41) is 13.9. The zero-order valence-electron chi connectivity index (χ0n) is 48.4. The summed E-state index contributed by atoms with van der Waals surface area (Å²) in [7, 11) is 1.53. The summed E-state index contributed by atoms with van der Waals surface area (Å²) in [6, 6.07) is -0.884. The number of aliphatic hydroxyl groups excluding tert-OH is 1. The van der Waals surface area contributed by atoms with Crippen LogP contribution in [0.1, 0.15) is 264 Å². The van der Waals surface area contributed by atoms with E-state index in [2.05, 4.69) is 92.1 Å². The molecule has 0 radical (unpaired) electrons. The van der Waals surface area contributed by atoms with Crippen molar-refractivity contribution in [3.05, 3.63) is 85.1 Å². The van der Waals surface area contributed by atoms with Crippen LogP contribution in [0, 0.1) is 0 Å². The average Bonchev–Trinajstić information content (AvgIpc) is 3.35. The average molecular weight is 1040 g/mol. The lowest BCUT2D eigenvalue weighted by Gasteiger charge is -2.25. The summed E-state index contributed by atoms with van der Waals surface area (Å²) in [6.07, 6.45) is 77.1. The van der Waals surface area contributed by atoms with Crippen molar-refractivity contribution >= 4 is 13.7 Å². The van der Waals surface area contributed by atoms with Crippen LogP contribution in [0.4, 0.5) is 0 Å². The van der Waals surface area contributed by atoms with Crippen LogP contribution in [0.3, 0.4) is 0 Å². The summed E-state index contributed by atoms with van der Waals surface area (Å²) in [5.74, 6) is -0.206. The van der Waals surface area contributed by atoms with Crippen LogP contribution >= 0.6 is 7.82 Å². The van der Waals surface area contributed by atoms with Crippen molar-refractivity contribution in [2.75, 3.05) is 40.9 Å². The van der Waals surface area contributed by atoms with Gasteiger partial charge in [-0.2, -0.15) is 0 Å². The molecular weight excluding hydrogens is 924 g/mol. The number of phosphoric acid groups is 1. The second kappa shape index (κ2) is 54.5. The molecule has 0 fully saturated rings. The number of phosphoric ester groups is 1. The molecule has 0 aromatic rings. The number of aliphatic hydroxyl groups is 1. The van der Waals surface area contributed by atoms with Crippen molar-refractivity contribution in [1.82, 2.24) is 5.32 Å². The predicted octanol–water partition coefficient (Wildman–Crippen LogP) is 18.8. The monoisotopic (exact) mass is 1040 g/mol. The maximum atomic E-state index is 13.0. The quantitative estimate of drug-likeness (QED) is 0.0243. The second-order valence-electron chi connectivity index (χ2n) is 21.7. The zero-order valence-corrected chi connectivity index (χ0v) is 49.3. The van der Waals surface area contributed by atoms with Crippen LogP contribution in [0.15, 0.2) is 85.1 Å². The minimum absolute atomic E-state index is 0.0463. The Morgan fingerprint density at radius 2 is 0.836 bits per heavy atom. The third-order valence-electron chi connectivity index (χ3n) is 13.3. The van der Waals surface area contributed by atoms with E-state index in [4.69, 9.17) is 9.05 Å². The first-order valence-corrected chi connectivity index (χ1v) is 32.0. The van der Waals surface area contributed by atoms with E-state index < -0.39 is 20.0 Å². The number of rotatable bonds is 55. The lowest BCUT2D eigenvalue weighted by atomic mass is 10.0. The Bertz CT molecular complexity index is 1460. The summed E-state index contributed by atoms with van der Waals surface area (Å²) in [5.41, 5.74) is 0. The second-order valence-corrected chi connectivity index (χ2v) is 23.1. The molecule has 0 aliphatic rings. The van der Waals surface area contributed by atoms with E-state index in [0.717, 1.165) is 83.5 Å². The molecule has 0 heterocycles. The maximum absolute atomic E-state index is 13.0. The van der Waals surface area contributed by atoms with Crippen LogP contribution in [0.5, 0.6) is 0 Å². The molecule has 0 spiro atoms. The molecule has 1 amide bonds. The lowest BCUT2D eigenvalue weighted by molar-refractivity contribution is -0.870. The highest BCUT2D eigenvalue weighted by Gasteiger charge is 2.27. The topological polar surface area (TPSA) is 105 Å². The Balaban J connectivity index is 4.22. The Kier molecular flexibility index (Phi) is 52.7. The van der Waals surface area contributed by atoms with Gasteiger partial charge in [0.15, 0.2) is 0 Å². The minimum Gasteiger partial charge on any atom is -0.387 e. The lowest BCUT2D eigenvalue weighted by Crippen LogP contribution is -2.45. The number of allylic oxidation sites excluding steroid dienone is 13. The molecule has 0 aliphatic carbocycles. The van der Waals surface area contributed by atoms with E-state index in [9.17, 15) is 19.4 Å². The first kappa shape index (κ1) is 70.7. The molecule has 0 rings (SSSR count). The summed E-state index contributed by atoms with van der Waals surface area (Å²) >= 11 is 0. The molecule has 424 valence electrons. The fraction of sp³-hybridized carbons (Fsp3) is 0.766. The van der Waals surface area contributed by atoms with Gasteiger partial charge >= 0.3 is 7.82 Å². The number of likely N-dealkylation sites (N-methyl/N-ethyl adjacent to an activating group) is 1. The van der Waals surface area contributed by atoms with E-state index in [0.29, 0.717) is 17.4 Å². The molecule has 9 heteroatoms. The van der Waals surface area contributed by atoms with Gasteiger partial charge < -0.3 is 19.8 Å². The van der Waals surface area contributed by atoms with Crippen molar-refractivity contribution < 1.29 is 32.9 Å². The van der Waals surface area contributed by atoms with Crippen LogP contribution < -0.4 is 5.32 Å². The Morgan fingerprint density at radius 1 is 0.479 bits per heavy atom. The van der Waals surface area contributed by atoms with Crippen molar-refractivity contribution in [3.8, 4) is 0 Å². The molecule has 0 saturated heterocycles. The molecular formula is C64H118N2O6P+. The summed E-state index contributed by atoms with van der Waals surface area (Å²) in [4.78, 5) is 23.3. The molecule has 3 unspecified atom stereocenters. The molecule has 0 bridgehead atoms. The highest BCUT2D eigenvalue weighted by molar-refractivity contribution is 7.47. The van der Waals surface area contributed by atoms with E-state index in [1.807, 2.05) is 27.2 Å². The third kappa shape index (κ3) is 57.2. The van der Waals surface area contributed by atoms with Gasteiger partial charge in [0.25, 0.3) is 0 Å². The minimum atomic E-state index is -4.37. The number of carbonyl (C=O) groups is 1. The number of unbranched alkanes of at least 4 members (excludes halogenated alkanes) is 30. The molecule has 73 heavy (non-hydrogen) atoms. The van der Waals surface area contributed by atoms with Gasteiger partial charge in [0.2, 0.25) is 5.91 Å². The van der Waals surface area contributed by atoms with Crippen molar-refractivity contribution in [2.24, 2.45) is 0 Å². The first-order valence-electron chi connectivity index (χ1n) is 30.5. The number of carbonyl (C=O) groups excluding carboxylic acids is 1. The molecule has 0 aliphatic heterocycles. The molecule has 3 N–H and O–H groups in total. The fourth-order valence-corrected chi connectivity index (χ4v) is 9.33. The number of amides is 1. The fourth-order valence-electron chi connectivity index (χ4n) is 8.60. The summed E-state index contributed by atoms with van der Waals surface area (Å²) in [6.45, 7) is 4.67. The van der Waals surface area contributed by atoms with Crippen LogP contribution in [0.2, 0.25) is 0 Å². The summed E-state index contributed by atoms with van der Waals surface area (Å²) < 4.78 is 23.7. The molecule has 8 nitrogen and oxygen atoms in total. The van der Waals surface area contributed by atoms with E-state index >= 15 is 0 Å². The van der Waals surface area contributed by atoms with Gasteiger partial charge in [0.1, 0.15) is 13.2 Å². The Morgan fingerprint density at radius 3 is 1.26 bits per heavy atom. The van der Waals surface area contributed by atoms with Gasteiger partial charge in [-0.3, -0.25) is 13.8 Å².